The quantitative estimate of drug-likeness (QED) is 0.522. The number of thiophene rings is 1. The summed E-state index contributed by atoms with van der Waals surface area (Å²) in [4.78, 5) is 25.5. The van der Waals surface area contributed by atoms with Gasteiger partial charge in [-0.3, -0.25) is 9.59 Å². The van der Waals surface area contributed by atoms with Crippen molar-refractivity contribution >= 4 is 33.0 Å². The molecule has 1 fully saturated rings. The van der Waals surface area contributed by atoms with E-state index in [0.29, 0.717) is 4.88 Å². The maximum atomic E-state index is 13.2. The maximum absolute atomic E-state index is 13.2. The van der Waals surface area contributed by atoms with Crippen LogP contribution in [0, 0.1) is 6.92 Å². The third-order valence-corrected chi connectivity index (χ3v) is 8.66. The van der Waals surface area contributed by atoms with Gasteiger partial charge in [-0.05, 0) is 43.3 Å². The van der Waals surface area contributed by atoms with Gasteiger partial charge < -0.3 is 10.6 Å². The molecular formula is C22H28N2O4S2. The minimum atomic E-state index is -3.73. The zero-order valence-electron chi connectivity index (χ0n) is 17.1. The van der Waals surface area contributed by atoms with E-state index in [1.165, 1.54) is 11.3 Å². The smallest absolute Gasteiger partial charge is 0.309 e. The van der Waals surface area contributed by atoms with Gasteiger partial charge in [0.15, 0.2) is 9.84 Å². The van der Waals surface area contributed by atoms with Crippen molar-refractivity contribution in [2.75, 3.05) is 6.54 Å². The van der Waals surface area contributed by atoms with E-state index >= 15 is 0 Å². The minimum Gasteiger partial charge on any atom is -0.346 e. The Labute approximate surface area is 182 Å². The summed E-state index contributed by atoms with van der Waals surface area (Å²) in [5.41, 5.74) is 0.963. The Balaban J connectivity index is 1.69. The second-order valence-electron chi connectivity index (χ2n) is 7.73. The number of carbonyl (C=O) groups is 2. The van der Waals surface area contributed by atoms with Crippen molar-refractivity contribution in [2.45, 2.75) is 61.6 Å². The Hall–Kier alpha value is -2.19. The molecule has 2 N–H and O–H groups in total. The first-order valence-corrected chi connectivity index (χ1v) is 12.7. The Morgan fingerprint density at radius 3 is 2.30 bits per heavy atom. The van der Waals surface area contributed by atoms with E-state index < -0.39 is 26.9 Å². The lowest BCUT2D eigenvalue weighted by molar-refractivity contribution is -0.139. The fourth-order valence-electron chi connectivity index (χ4n) is 3.67. The number of benzene rings is 1. The van der Waals surface area contributed by atoms with Crippen LogP contribution in [0.4, 0.5) is 0 Å². The molecule has 2 aromatic rings. The second-order valence-corrected chi connectivity index (χ2v) is 10.8. The lowest BCUT2D eigenvalue weighted by atomic mass is 10.1. The van der Waals surface area contributed by atoms with Crippen LogP contribution < -0.4 is 10.6 Å². The van der Waals surface area contributed by atoms with Crippen LogP contribution in [-0.4, -0.2) is 32.8 Å². The van der Waals surface area contributed by atoms with Gasteiger partial charge in [0.05, 0.1) is 4.90 Å². The van der Waals surface area contributed by atoms with Crippen LogP contribution >= 0.6 is 11.3 Å². The number of sulfone groups is 1. The molecule has 1 atom stereocenters. The molecule has 2 amide bonds. The van der Waals surface area contributed by atoms with E-state index in [1.54, 1.807) is 41.8 Å². The Morgan fingerprint density at radius 2 is 1.70 bits per heavy atom. The van der Waals surface area contributed by atoms with Gasteiger partial charge in [-0.2, -0.15) is 0 Å². The van der Waals surface area contributed by atoms with E-state index in [4.69, 9.17) is 0 Å². The van der Waals surface area contributed by atoms with Gasteiger partial charge in [0.1, 0.15) is 5.25 Å². The van der Waals surface area contributed by atoms with E-state index in [2.05, 4.69) is 10.6 Å². The highest BCUT2D eigenvalue weighted by Gasteiger charge is 2.31. The van der Waals surface area contributed by atoms with Crippen molar-refractivity contribution < 1.29 is 18.0 Å². The van der Waals surface area contributed by atoms with Crippen LogP contribution in [0.25, 0.3) is 0 Å². The van der Waals surface area contributed by atoms with Crippen LogP contribution in [-0.2, 0) is 19.4 Å². The summed E-state index contributed by atoms with van der Waals surface area (Å²) >= 11 is 1.32. The predicted molar refractivity (Wildman–Crippen MR) is 118 cm³/mol. The van der Waals surface area contributed by atoms with Gasteiger partial charge in [-0.1, -0.05) is 49.4 Å². The summed E-state index contributed by atoms with van der Waals surface area (Å²) in [6.45, 7) is 1.73. The van der Waals surface area contributed by atoms with E-state index in [-0.39, 0.29) is 17.5 Å². The van der Waals surface area contributed by atoms with Crippen molar-refractivity contribution in [3.05, 3.63) is 52.2 Å². The van der Waals surface area contributed by atoms with Gasteiger partial charge in [-0.15, -0.1) is 11.3 Å². The fourth-order valence-corrected chi connectivity index (χ4v) is 6.45. The van der Waals surface area contributed by atoms with Crippen LogP contribution in [0.5, 0.6) is 0 Å². The molecule has 1 aromatic carbocycles. The maximum Gasteiger partial charge on any atom is 0.309 e. The number of hydrogen-bond donors (Lipinski definition) is 2. The molecule has 3 rings (SSSR count). The van der Waals surface area contributed by atoms with Crippen LogP contribution in [0.2, 0.25) is 0 Å². The van der Waals surface area contributed by atoms with E-state index in [1.807, 2.05) is 6.92 Å². The van der Waals surface area contributed by atoms with Crippen LogP contribution in [0.15, 0.2) is 46.7 Å². The van der Waals surface area contributed by atoms with Gasteiger partial charge >= 0.3 is 11.8 Å². The molecule has 1 heterocycles. The lowest BCUT2D eigenvalue weighted by Crippen LogP contribution is -2.45. The number of amides is 2. The van der Waals surface area contributed by atoms with Crippen molar-refractivity contribution in [3.8, 4) is 0 Å². The number of hydrogen-bond acceptors (Lipinski definition) is 5. The average molecular weight is 449 g/mol. The summed E-state index contributed by atoms with van der Waals surface area (Å²) in [5, 5.41) is 6.19. The molecule has 0 spiro atoms. The molecule has 1 aromatic heterocycles. The van der Waals surface area contributed by atoms with E-state index in [9.17, 15) is 18.0 Å². The van der Waals surface area contributed by atoms with Crippen molar-refractivity contribution in [1.29, 1.82) is 0 Å². The third kappa shape index (κ3) is 5.70. The molecule has 30 heavy (non-hydrogen) atoms. The summed E-state index contributed by atoms with van der Waals surface area (Å²) in [7, 11) is -3.73. The summed E-state index contributed by atoms with van der Waals surface area (Å²) in [6.07, 6.45) is 6.14. The monoisotopic (exact) mass is 448 g/mol. The van der Waals surface area contributed by atoms with Gasteiger partial charge in [0.2, 0.25) is 0 Å². The summed E-state index contributed by atoms with van der Waals surface area (Å²) in [6, 6.07) is 10.2. The molecule has 1 aliphatic rings. The van der Waals surface area contributed by atoms with Crippen molar-refractivity contribution in [2.24, 2.45) is 0 Å². The third-order valence-electron chi connectivity index (χ3n) is 5.43. The second kappa shape index (κ2) is 10.2. The van der Waals surface area contributed by atoms with Crippen molar-refractivity contribution in [1.82, 2.24) is 10.6 Å². The molecule has 0 radical (unpaired) electrons. The fraction of sp³-hybridized carbons (Fsp3) is 0.455. The van der Waals surface area contributed by atoms with Crippen LogP contribution in [0.1, 0.15) is 54.2 Å². The normalized spacial score (nSPS) is 16.4. The molecule has 0 unspecified atom stereocenters. The van der Waals surface area contributed by atoms with Crippen molar-refractivity contribution in [3.63, 3.8) is 0 Å². The van der Waals surface area contributed by atoms with E-state index in [0.717, 1.165) is 44.1 Å². The first kappa shape index (κ1) is 22.5. The molecule has 0 bridgehead atoms. The topological polar surface area (TPSA) is 92.3 Å². The lowest BCUT2D eigenvalue weighted by Gasteiger charge is -2.19. The molecule has 0 saturated heterocycles. The number of nitrogens with one attached hydrogen (secondary N) is 2. The van der Waals surface area contributed by atoms with Crippen LogP contribution in [0.3, 0.4) is 0 Å². The molecule has 162 valence electrons. The molecule has 1 saturated carbocycles. The first-order chi connectivity index (χ1) is 14.4. The zero-order chi connectivity index (χ0) is 21.6. The van der Waals surface area contributed by atoms with Gasteiger partial charge in [-0.25, -0.2) is 8.42 Å². The van der Waals surface area contributed by atoms with Gasteiger partial charge in [0.25, 0.3) is 0 Å². The standard InChI is InChI=1S/C22H28N2O4S2/c1-16-10-12-18(13-11-16)30(27,28)20(19-9-6-14-29-19)15-23-21(25)22(26)24-17-7-4-2-3-5-8-17/h6,9-14,17,20H,2-5,7-8,15H2,1H3,(H,23,25)(H,24,26)/t20-/m1/s1. The number of carbonyl (C=O) groups excluding carboxylic acids is 2. The molecular weight excluding hydrogens is 420 g/mol. The first-order valence-electron chi connectivity index (χ1n) is 10.3. The zero-order valence-corrected chi connectivity index (χ0v) is 18.7. The molecule has 0 aliphatic heterocycles. The predicted octanol–water partition coefficient (Wildman–Crippen LogP) is 3.53. The Morgan fingerprint density at radius 1 is 1.03 bits per heavy atom. The molecule has 8 heteroatoms. The molecule has 6 nitrogen and oxygen atoms in total. The molecule has 1 aliphatic carbocycles. The highest BCUT2D eigenvalue weighted by atomic mass is 32.2. The summed E-state index contributed by atoms with van der Waals surface area (Å²) in [5.74, 6) is -1.49. The summed E-state index contributed by atoms with van der Waals surface area (Å²) < 4.78 is 26.5. The van der Waals surface area contributed by atoms with Gasteiger partial charge in [0, 0.05) is 17.5 Å². The number of rotatable bonds is 6. The minimum absolute atomic E-state index is 0.00938. The highest BCUT2D eigenvalue weighted by Crippen LogP contribution is 2.31. The highest BCUT2D eigenvalue weighted by molar-refractivity contribution is 7.91. The Kier molecular flexibility index (Phi) is 7.66. The SMILES string of the molecule is Cc1ccc(S(=O)(=O)[C@H](CNC(=O)C(=O)NC2CCCCCC2)c2cccs2)cc1. The number of aryl methyl sites for hydroxylation is 1. The largest absolute Gasteiger partial charge is 0.346 e. The Bertz CT molecular complexity index is 946. The average Bonchev–Trinajstić information content (AvgIpc) is 3.12.